The van der Waals surface area contributed by atoms with Crippen molar-refractivity contribution in [2.24, 2.45) is 0 Å². The van der Waals surface area contributed by atoms with E-state index < -0.39 is 5.60 Å². The molecule has 0 atom stereocenters. The van der Waals surface area contributed by atoms with Crippen LogP contribution in [0.4, 0.5) is 5.69 Å². The van der Waals surface area contributed by atoms with Crippen molar-refractivity contribution in [3.63, 3.8) is 0 Å². The van der Waals surface area contributed by atoms with Crippen molar-refractivity contribution in [1.29, 1.82) is 0 Å². The van der Waals surface area contributed by atoms with Crippen molar-refractivity contribution in [2.75, 3.05) is 44.7 Å². The number of carbonyl (C=O) groups is 1. The van der Waals surface area contributed by atoms with Crippen molar-refractivity contribution in [1.82, 2.24) is 20.8 Å². The van der Waals surface area contributed by atoms with Gasteiger partial charge in [0.05, 0.1) is 17.6 Å². The van der Waals surface area contributed by atoms with Crippen LogP contribution in [-0.4, -0.2) is 66.6 Å². The number of amides is 1. The van der Waals surface area contributed by atoms with Gasteiger partial charge in [0.1, 0.15) is 11.4 Å². The second-order valence-electron chi connectivity index (χ2n) is 10.1. The van der Waals surface area contributed by atoms with E-state index in [0.717, 1.165) is 44.7 Å². The minimum absolute atomic E-state index is 0.0140. The summed E-state index contributed by atoms with van der Waals surface area (Å²) >= 11 is 0. The summed E-state index contributed by atoms with van der Waals surface area (Å²) in [6.07, 6.45) is 4.89. The van der Waals surface area contributed by atoms with Crippen LogP contribution in [0.15, 0.2) is 66.9 Å². The van der Waals surface area contributed by atoms with Crippen LogP contribution < -0.4 is 15.5 Å². The highest BCUT2D eigenvalue weighted by atomic mass is 16.5. The summed E-state index contributed by atoms with van der Waals surface area (Å²) in [5.41, 5.74) is 2.61. The van der Waals surface area contributed by atoms with E-state index in [4.69, 9.17) is 4.74 Å². The van der Waals surface area contributed by atoms with Gasteiger partial charge in [-0.2, -0.15) is 10.2 Å². The quantitative estimate of drug-likeness (QED) is 0.457. The molecule has 2 aliphatic heterocycles. The summed E-state index contributed by atoms with van der Waals surface area (Å²) in [5.74, 6) is 0.175. The Morgan fingerprint density at radius 2 is 1.76 bits per heavy atom. The van der Waals surface area contributed by atoms with Crippen LogP contribution >= 0.6 is 0 Å². The molecule has 8 nitrogen and oxygen atoms in total. The molecule has 2 aromatic carbocycles. The number of phenols is 1. The third-order valence-electron chi connectivity index (χ3n) is 8.10. The number of rotatable bonds is 7. The number of phenolic OH excluding ortho intramolecular Hbond substituents is 1. The van der Waals surface area contributed by atoms with Crippen molar-refractivity contribution in [2.45, 2.75) is 36.7 Å². The SMILES string of the molecule is COC1(C(=O)NCC2(c3ccccc3)CCN(c3cnnc(-c4ccccc4O)c3)CC2)CCNCC1. The third kappa shape index (κ3) is 5.17. The van der Waals surface area contributed by atoms with E-state index in [1.807, 2.05) is 24.3 Å². The molecule has 194 valence electrons. The number of aromatic hydroxyl groups is 1. The Balaban J connectivity index is 1.33. The molecule has 8 heteroatoms. The van der Waals surface area contributed by atoms with Crippen LogP contribution in [0.2, 0.25) is 0 Å². The topological polar surface area (TPSA) is 99.6 Å². The van der Waals surface area contributed by atoms with Gasteiger partial charge in [0.2, 0.25) is 0 Å². The smallest absolute Gasteiger partial charge is 0.252 e. The summed E-state index contributed by atoms with van der Waals surface area (Å²) in [4.78, 5) is 15.7. The summed E-state index contributed by atoms with van der Waals surface area (Å²) < 4.78 is 5.76. The number of piperidine rings is 2. The van der Waals surface area contributed by atoms with Crippen LogP contribution in [0.25, 0.3) is 11.3 Å². The molecule has 0 bridgehead atoms. The van der Waals surface area contributed by atoms with Gasteiger partial charge in [-0.15, -0.1) is 0 Å². The van der Waals surface area contributed by atoms with E-state index in [2.05, 4.69) is 50.0 Å². The molecule has 0 radical (unpaired) electrons. The monoisotopic (exact) mass is 501 g/mol. The van der Waals surface area contributed by atoms with E-state index in [1.165, 1.54) is 5.56 Å². The number of ether oxygens (including phenoxy) is 1. The zero-order valence-corrected chi connectivity index (χ0v) is 21.3. The number of nitrogens with zero attached hydrogens (tertiary/aromatic N) is 3. The van der Waals surface area contributed by atoms with E-state index >= 15 is 0 Å². The minimum atomic E-state index is -0.758. The Labute approximate surface area is 218 Å². The number of carbonyl (C=O) groups excluding carboxylic acids is 1. The fourth-order valence-electron chi connectivity index (χ4n) is 5.67. The predicted molar refractivity (Wildman–Crippen MR) is 144 cm³/mol. The maximum absolute atomic E-state index is 13.3. The largest absolute Gasteiger partial charge is 0.507 e. The first-order valence-corrected chi connectivity index (χ1v) is 13.0. The van der Waals surface area contributed by atoms with Gasteiger partial charge < -0.3 is 25.4 Å². The molecule has 2 saturated heterocycles. The number of nitrogens with one attached hydrogen (secondary N) is 2. The van der Waals surface area contributed by atoms with Crippen LogP contribution in [0, 0.1) is 0 Å². The summed E-state index contributed by atoms with van der Waals surface area (Å²) in [6, 6.07) is 19.7. The van der Waals surface area contributed by atoms with E-state index in [1.54, 1.807) is 25.4 Å². The Morgan fingerprint density at radius 3 is 2.46 bits per heavy atom. The van der Waals surface area contributed by atoms with Crippen LogP contribution in [0.3, 0.4) is 0 Å². The molecule has 3 heterocycles. The Bertz CT molecular complexity index is 1200. The van der Waals surface area contributed by atoms with E-state index in [9.17, 15) is 9.90 Å². The maximum atomic E-state index is 13.3. The normalized spacial score (nSPS) is 18.8. The molecule has 0 unspecified atom stereocenters. The molecule has 37 heavy (non-hydrogen) atoms. The molecule has 3 N–H and O–H groups in total. The summed E-state index contributed by atoms with van der Waals surface area (Å²) in [5, 5.41) is 25.3. The average molecular weight is 502 g/mol. The molecule has 5 rings (SSSR count). The van der Waals surface area contributed by atoms with Gasteiger partial charge in [-0.25, -0.2) is 0 Å². The Kier molecular flexibility index (Phi) is 7.39. The molecule has 0 aliphatic carbocycles. The second-order valence-corrected chi connectivity index (χ2v) is 10.1. The fraction of sp³-hybridized carbons (Fsp3) is 0.414. The summed E-state index contributed by atoms with van der Waals surface area (Å²) in [6.45, 7) is 3.76. The van der Waals surface area contributed by atoms with Crippen molar-refractivity contribution in [3.8, 4) is 17.0 Å². The first-order valence-electron chi connectivity index (χ1n) is 13.0. The summed E-state index contributed by atoms with van der Waals surface area (Å²) in [7, 11) is 1.64. The first kappa shape index (κ1) is 25.2. The van der Waals surface area contributed by atoms with Gasteiger partial charge in [0.25, 0.3) is 5.91 Å². The van der Waals surface area contributed by atoms with Gasteiger partial charge in [0, 0.05) is 37.7 Å². The standard InChI is InChI=1S/C29H35N5O3/c1-37-29(11-15-30-16-12-29)27(36)31-21-28(22-7-3-2-4-8-22)13-17-34(18-14-28)23-19-25(33-32-20-23)24-9-5-6-10-26(24)35/h2-10,19-20,30,35H,11-18,21H2,1H3,(H,31,36). The first-order chi connectivity index (χ1) is 18.1. The number of methoxy groups -OCH3 is 1. The van der Waals surface area contributed by atoms with Crippen LogP contribution in [0.1, 0.15) is 31.2 Å². The predicted octanol–water partition coefficient (Wildman–Crippen LogP) is 3.27. The molecule has 1 aromatic heterocycles. The number of hydrogen-bond acceptors (Lipinski definition) is 7. The zero-order valence-electron chi connectivity index (χ0n) is 21.3. The minimum Gasteiger partial charge on any atom is -0.507 e. The fourth-order valence-corrected chi connectivity index (χ4v) is 5.67. The number of para-hydroxylation sites is 1. The molecule has 0 spiro atoms. The van der Waals surface area contributed by atoms with Gasteiger partial charge in [-0.05, 0) is 62.5 Å². The van der Waals surface area contributed by atoms with Crippen molar-refractivity contribution in [3.05, 3.63) is 72.4 Å². The van der Waals surface area contributed by atoms with Crippen LogP contribution in [0.5, 0.6) is 5.75 Å². The van der Waals surface area contributed by atoms with E-state index in [0.29, 0.717) is 30.6 Å². The lowest BCUT2D eigenvalue weighted by molar-refractivity contribution is -0.147. The molecular formula is C29H35N5O3. The zero-order chi connectivity index (χ0) is 25.7. The lowest BCUT2D eigenvalue weighted by Gasteiger charge is -2.44. The molecule has 1 amide bonds. The van der Waals surface area contributed by atoms with Gasteiger partial charge in [-0.1, -0.05) is 42.5 Å². The lowest BCUT2D eigenvalue weighted by Crippen LogP contribution is -2.57. The van der Waals surface area contributed by atoms with E-state index in [-0.39, 0.29) is 17.1 Å². The maximum Gasteiger partial charge on any atom is 0.252 e. The molecular weight excluding hydrogens is 466 g/mol. The number of benzene rings is 2. The highest BCUT2D eigenvalue weighted by Crippen LogP contribution is 2.38. The number of hydrogen-bond donors (Lipinski definition) is 3. The average Bonchev–Trinajstić information content (AvgIpc) is 2.97. The van der Waals surface area contributed by atoms with Gasteiger partial charge >= 0.3 is 0 Å². The Hall–Kier alpha value is -3.49. The lowest BCUT2D eigenvalue weighted by atomic mass is 9.72. The second kappa shape index (κ2) is 10.9. The van der Waals surface area contributed by atoms with Crippen molar-refractivity contribution < 1.29 is 14.6 Å². The molecule has 3 aromatic rings. The third-order valence-corrected chi connectivity index (χ3v) is 8.10. The van der Waals surface area contributed by atoms with Crippen molar-refractivity contribution >= 4 is 11.6 Å². The van der Waals surface area contributed by atoms with Crippen LogP contribution in [-0.2, 0) is 14.9 Å². The molecule has 2 aliphatic rings. The Morgan fingerprint density at radius 1 is 1.05 bits per heavy atom. The molecule has 2 fully saturated rings. The van der Waals surface area contributed by atoms with Gasteiger partial charge in [0.15, 0.2) is 0 Å². The van der Waals surface area contributed by atoms with Gasteiger partial charge in [-0.3, -0.25) is 4.79 Å². The highest BCUT2D eigenvalue weighted by molar-refractivity contribution is 5.85. The highest BCUT2D eigenvalue weighted by Gasteiger charge is 2.42. The number of aromatic nitrogens is 2. The molecule has 0 saturated carbocycles. The number of anilines is 1.